The number of carbonyl (C=O) groups is 1. The van der Waals surface area contributed by atoms with Crippen LogP contribution in [0.25, 0.3) is 22.0 Å². The van der Waals surface area contributed by atoms with Crippen LogP contribution in [0.1, 0.15) is 46.5 Å². The number of benzene rings is 2. The zero-order valence-corrected chi connectivity index (χ0v) is 22.9. The molecular formula is C32H33N5OS. The van der Waals surface area contributed by atoms with Crippen LogP contribution in [0.15, 0.2) is 66.0 Å². The van der Waals surface area contributed by atoms with E-state index >= 15 is 0 Å². The molecular weight excluding hydrogens is 502 g/mol. The molecule has 4 aromatic rings. The second-order valence-corrected chi connectivity index (χ2v) is 11.6. The summed E-state index contributed by atoms with van der Waals surface area (Å²) in [6.07, 6.45) is 5.55. The zero-order valence-electron chi connectivity index (χ0n) is 22.1. The predicted molar refractivity (Wildman–Crippen MR) is 158 cm³/mol. The number of hydrogen-bond donors (Lipinski definition) is 1. The number of nitrogens with zero attached hydrogens (tertiary/aromatic N) is 4. The molecule has 198 valence electrons. The molecule has 0 radical (unpaired) electrons. The van der Waals surface area contributed by atoms with E-state index in [4.69, 9.17) is 4.98 Å². The van der Waals surface area contributed by atoms with Crippen molar-refractivity contribution in [2.45, 2.75) is 38.1 Å². The second kappa shape index (κ2) is 11.6. The van der Waals surface area contributed by atoms with Crippen LogP contribution < -0.4 is 5.32 Å². The summed E-state index contributed by atoms with van der Waals surface area (Å²) < 4.78 is 0. The van der Waals surface area contributed by atoms with Crippen molar-refractivity contribution in [2.24, 2.45) is 0 Å². The second-order valence-electron chi connectivity index (χ2n) is 10.5. The molecule has 0 bridgehead atoms. The van der Waals surface area contributed by atoms with Crippen molar-refractivity contribution in [2.75, 3.05) is 38.0 Å². The van der Waals surface area contributed by atoms with Crippen LogP contribution in [-0.2, 0) is 6.42 Å². The minimum Gasteiger partial charge on any atom is -0.370 e. The number of pyridine rings is 1. The van der Waals surface area contributed by atoms with E-state index in [0.29, 0.717) is 11.1 Å². The van der Waals surface area contributed by atoms with Crippen molar-refractivity contribution in [3.8, 4) is 17.2 Å². The Kier molecular flexibility index (Phi) is 7.57. The van der Waals surface area contributed by atoms with Gasteiger partial charge in [-0.15, -0.1) is 11.3 Å². The van der Waals surface area contributed by atoms with E-state index in [1.54, 1.807) is 11.3 Å². The average molecular weight is 536 g/mol. The molecule has 4 heterocycles. The molecule has 6 rings (SSSR count). The maximum absolute atomic E-state index is 14.2. The van der Waals surface area contributed by atoms with Crippen molar-refractivity contribution in [3.63, 3.8) is 0 Å². The van der Waals surface area contributed by atoms with Gasteiger partial charge in [0.1, 0.15) is 5.82 Å². The quantitative estimate of drug-likeness (QED) is 0.291. The summed E-state index contributed by atoms with van der Waals surface area (Å²) in [5.41, 5.74) is 4.18. The molecule has 39 heavy (non-hydrogen) atoms. The monoisotopic (exact) mass is 535 g/mol. The van der Waals surface area contributed by atoms with Gasteiger partial charge in [0.05, 0.1) is 22.7 Å². The standard InChI is InChI=1S/C32H33N5OS/c33-21-23-7-9-24(10-8-23)25-11-12-30-28(19-25)29(20-31(35-30)34-14-13-27-6-4-18-39-27)32(38)37-17-3-5-26(37)22-36-15-1-2-16-36/h4,6-12,18-20,26H,1-3,5,13-17,22H2,(H,34,35)/t26-/m0/s1. The van der Waals surface area contributed by atoms with Gasteiger partial charge in [-0.3, -0.25) is 4.79 Å². The Morgan fingerprint density at radius 2 is 1.85 bits per heavy atom. The Morgan fingerprint density at radius 1 is 1.03 bits per heavy atom. The Labute approximate surface area is 233 Å². The van der Waals surface area contributed by atoms with Crippen LogP contribution in [0.2, 0.25) is 0 Å². The van der Waals surface area contributed by atoms with Crippen LogP contribution in [-0.4, -0.2) is 59.5 Å². The van der Waals surface area contributed by atoms with Gasteiger partial charge in [0.2, 0.25) is 0 Å². The molecule has 0 spiro atoms. The lowest BCUT2D eigenvalue weighted by Crippen LogP contribution is -2.42. The molecule has 1 amide bonds. The van der Waals surface area contributed by atoms with Gasteiger partial charge in [0.15, 0.2) is 0 Å². The number of aromatic nitrogens is 1. The molecule has 2 saturated heterocycles. The highest BCUT2D eigenvalue weighted by Gasteiger charge is 2.32. The highest BCUT2D eigenvalue weighted by Crippen LogP contribution is 2.31. The highest BCUT2D eigenvalue weighted by molar-refractivity contribution is 7.09. The smallest absolute Gasteiger partial charge is 0.254 e. The first-order valence-electron chi connectivity index (χ1n) is 13.9. The van der Waals surface area contributed by atoms with Crippen LogP contribution in [0, 0.1) is 11.3 Å². The van der Waals surface area contributed by atoms with Gasteiger partial charge in [0.25, 0.3) is 5.91 Å². The summed E-state index contributed by atoms with van der Waals surface area (Å²) in [5, 5.41) is 15.6. The van der Waals surface area contributed by atoms with Crippen molar-refractivity contribution in [3.05, 3.63) is 82.0 Å². The van der Waals surface area contributed by atoms with Gasteiger partial charge < -0.3 is 15.1 Å². The SMILES string of the molecule is N#Cc1ccc(-c2ccc3nc(NCCc4cccs4)cc(C(=O)N4CCC[C@H]4CN4CCCC4)c3c2)cc1. The van der Waals surface area contributed by atoms with Crippen molar-refractivity contribution < 1.29 is 4.79 Å². The number of likely N-dealkylation sites (tertiary alicyclic amines) is 2. The number of rotatable bonds is 8. The van der Waals surface area contributed by atoms with Crippen molar-refractivity contribution in [1.29, 1.82) is 5.26 Å². The van der Waals surface area contributed by atoms with Gasteiger partial charge in [-0.05, 0) is 98.1 Å². The topological polar surface area (TPSA) is 72.3 Å². The first-order chi connectivity index (χ1) is 19.2. The first kappa shape index (κ1) is 25.5. The molecule has 0 saturated carbocycles. The van der Waals surface area contributed by atoms with E-state index in [1.807, 2.05) is 42.5 Å². The third-order valence-corrected chi connectivity index (χ3v) is 8.89. The number of thiophene rings is 1. The lowest BCUT2D eigenvalue weighted by Gasteiger charge is -2.29. The number of hydrogen-bond acceptors (Lipinski definition) is 6. The maximum Gasteiger partial charge on any atom is 0.254 e. The molecule has 2 fully saturated rings. The minimum absolute atomic E-state index is 0.0994. The zero-order chi connectivity index (χ0) is 26.6. The molecule has 2 aromatic heterocycles. The Morgan fingerprint density at radius 3 is 2.62 bits per heavy atom. The fraction of sp³-hybridized carbons (Fsp3) is 0.344. The summed E-state index contributed by atoms with van der Waals surface area (Å²) in [7, 11) is 0. The number of nitrogens with one attached hydrogen (secondary N) is 1. The molecule has 1 atom stereocenters. The van der Waals surface area contributed by atoms with Crippen molar-refractivity contribution in [1.82, 2.24) is 14.8 Å². The van der Waals surface area contributed by atoms with Crippen molar-refractivity contribution >= 4 is 34.0 Å². The van der Waals surface area contributed by atoms with Gasteiger partial charge in [-0.25, -0.2) is 4.98 Å². The third-order valence-electron chi connectivity index (χ3n) is 7.95. The average Bonchev–Trinajstić information content (AvgIpc) is 3.77. The first-order valence-corrected chi connectivity index (χ1v) is 14.8. The lowest BCUT2D eigenvalue weighted by atomic mass is 9.99. The summed E-state index contributed by atoms with van der Waals surface area (Å²) in [4.78, 5) is 25.1. The van der Waals surface area contributed by atoms with Crippen LogP contribution in [0.5, 0.6) is 0 Å². The van der Waals surface area contributed by atoms with Gasteiger partial charge in [-0.2, -0.15) is 5.26 Å². The van der Waals surface area contributed by atoms with Gasteiger partial charge in [-0.1, -0.05) is 24.3 Å². The summed E-state index contributed by atoms with van der Waals surface area (Å²) in [5.74, 6) is 0.839. The normalized spacial score (nSPS) is 17.5. The summed E-state index contributed by atoms with van der Waals surface area (Å²) in [6.45, 7) is 4.82. The maximum atomic E-state index is 14.2. The van der Waals surface area contributed by atoms with E-state index in [0.717, 1.165) is 79.8 Å². The number of carbonyl (C=O) groups excluding carboxylic acids is 1. The molecule has 2 aliphatic heterocycles. The number of nitriles is 1. The minimum atomic E-state index is 0.0994. The Bertz CT molecular complexity index is 1490. The molecule has 2 aliphatic rings. The van der Waals surface area contributed by atoms with Crippen LogP contribution in [0.3, 0.4) is 0 Å². The van der Waals surface area contributed by atoms with E-state index < -0.39 is 0 Å². The number of anilines is 1. The van der Waals surface area contributed by atoms with E-state index in [1.165, 1.54) is 17.7 Å². The Balaban J connectivity index is 1.33. The molecule has 6 nitrogen and oxygen atoms in total. The van der Waals surface area contributed by atoms with E-state index in [9.17, 15) is 10.1 Å². The summed E-state index contributed by atoms with van der Waals surface area (Å²) in [6, 6.07) is 22.3. The fourth-order valence-electron chi connectivity index (χ4n) is 5.89. The molecule has 0 aliphatic carbocycles. The van der Waals surface area contributed by atoms with Gasteiger partial charge in [0, 0.05) is 35.9 Å². The molecule has 2 aromatic carbocycles. The largest absolute Gasteiger partial charge is 0.370 e. The molecule has 0 unspecified atom stereocenters. The van der Waals surface area contributed by atoms with E-state index in [-0.39, 0.29) is 11.9 Å². The molecule has 7 heteroatoms. The number of fused-ring (bicyclic) bond motifs is 1. The summed E-state index contributed by atoms with van der Waals surface area (Å²) >= 11 is 1.76. The Hall–Kier alpha value is -3.73. The van der Waals surface area contributed by atoms with Gasteiger partial charge >= 0.3 is 0 Å². The number of amides is 1. The lowest BCUT2D eigenvalue weighted by molar-refractivity contribution is 0.0710. The predicted octanol–water partition coefficient (Wildman–Crippen LogP) is 6.19. The fourth-order valence-corrected chi connectivity index (χ4v) is 6.60. The van der Waals surface area contributed by atoms with Crippen LogP contribution >= 0.6 is 11.3 Å². The molecule has 1 N–H and O–H groups in total. The van der Waals surface area contributed by atoms with Crippen LogP contribution in [0.4, 0.5) is 5.82 Å². The van der Waals surface area contributed by atoms with E-state index in [2.05, 4.69) is 44.8 Å². The highest BCUT2D eigenvalue weighted by atomic mass is 32.1. The third kappa shape index (κ3) is 5.68.